The Labute approximate surface area is 120 Å². The summed E-state index contributed by atoms with van der Waals surface area (Å²) < 4.78 is 0. The average molecular weight is 265 g/mol. The Balaban J connectivity index is 1.83. The maximum absolute atomic E-state index is 10.6. The highest BCUT2D eigenvalue weighted by Gasteiger charge is 2.51. The van der Waals surface area contributed by atoms with Crippen molar-refractivity contribution < 1.29 is 5.11 Å². The molecule has 20 heavy (non-hydrogen) atoms. The molecule has 2 nitrogen and oxygen atoms in total. The maximum Gasteiger partial charge on any atom is 0.0964 e. The van der Waals surface area contributed by atoms with Crippen molar-refractivity contribution >= 4 is 0 Å². The molecule has 1 heterocycles. The first-order valence-electron chi connectivity index (χ1n) is 6.97. The van der Waals surface area contributed by atoms with Gasteiger partial charge >= 0.3 is 0 Å². The summed E-state index contributed by atoms with van der Waals surface area (Å²) in [4.78, 5) is 2.28. The van der Waals surface area contributed by atoms with Gasteiger partial charge in [-0.25, -0.2) is 0 Å². The molecule has 1 N–H and O–H groups in total. The van der Waals surface area contributed by atoms with Crippen LogP contribution in [0.5, 0.6) is 0 Å². The molecule has 2 aromatic carbocycles. The van der Waals surface area contributed by atoms with E-state index in [1.54, 1.807) is 0 Å². The van der Waals surface area contributed by atoms with Crippen LogP contribution in [0.15, 0.2) is 73.3 Å². The van der Waals surface area contributed by atoms with E-state index in [-0.39, 0.29) is 12.1 Å². The van der Waals surface area contributed by atoms with E-state index in [1.807, 2.05) is 54.6 Å². The monoisotopic (exact) mass is 265 g/mol. The second-order valence-corrected chi connectivity index (χ2v) is 5.19. The number of hydrogen-bond acceptors (Lipinski definition) is 2. The number of aliphatic hydroxyl groups is 1. The summed E-state index contributed by atoms with van der Waals surface area (Å²) in [6.07, 6.45) is 1.44. The van der Waals surface area contributed by atoms with Crippen molar-refractivity contribution in [2.45, 2.75) is 18.2 Å². The van der Waals surface area contributed by atoms with Gasteiger partial charge in [0.15, 0.2) is 0 Å². The first kappa shape index (κ1) is 13.1. The predicted octanol–water partition coefficient (Wildman–Crippen LogP) is 3.33. The Kier molecular flexibility index (Phi) is 3.68. The van der Waals surface area contributed by atoms with Crippen LogP contribution < -0.4 is 0 Å². The fourth-order valence-corrected chi connectivity index (χ4v) is 2.92. The summed E-state index contributed by atoms with van der Waals surface area (Å²) in [6.45, 7) is 4.61. The Hall–Kier alpha value is -1.90. The summed E-state index contributed by atoms with van der Waals surface area (Å²) in [6, 6.07) is 20.7. The highest BCUT2D eigenvalue weighted by molar-refractivity contribution is 5.31. The molecule has 0 aliphatic carbocycles. The molecule has 1 saturated heterocycles. The second-order valence-electron chi connectivity index (χ2n) is 5.19. The van der Waals surface area contributed by atoms with Gasteiger partial charge in [0.2, 0.25) is 0 Å². The molecule has 0 spiro atoms. The fourth-order valence-electron chi connectivity index (χ4n) is 2.92. The maximum atomic E-state index is 10.6. The van der Waals surface area contributed by atoms with Crippen LogP contribution in [0, 0.1) is 0 Å². The van der Waals surface area contributed by atoms with Crippen molar-refractivity contribution in [1.29, 1.82) is 0 Å². The van der Waals surface area contributed by atoms with Gasteiger partial charge in [0, 0.05) is 6.54 Å². The molecule has 4 atom stereocenters. The summed E-state index contributed by atoms with van der Waals surface area (Å²) in [5, 5.41) is 10.6. The first-order chi connectivity index (χ1) is 9.83. The lowest BCUT2D eigenvalue weighted by molar-refractivity contribution is 0.159. The SMILES string of the molecule is C=CCN1[C@@H]([C@@H](O)c2ccccc2)[C@@H]1c1ccccc1. The van der Waals surface area contributed by atoms with E-state index in [9.17, 15) is 5.11 Å². The quantitative estimate of drug-likeness (QED) is 0.662. The zero-order chi connectivity index (χ0) is 13.9. The largest absolute Gasteiger partial charge is 0.387 e. The standard InChI is InChI=1S/C18H19NO/c1-2-13-19-16(14-9-5-3-6-10-14)17(19)18(20)15-11-7-4-8-12-15/h2-12,16-18,20H,1,13H2/t16-,17+,18-,19?/m0/s1. The zero-order valence-corrected chi connectivity index (χ0v) is 11.4. The topological polar surface area (TPSA) is 23.2 Å². The lowest BCUT2D eigenvalue weighted by atomic mass is 10.0. The molecule has 1 aliphatic rings. The Morgan fingerprint density at radius 2 is 1.65 bits per heavy atom. The lowest BCUT2D eigenvalue weighted by Gasteiger charge is -2.10. The average Bonchev–Trinajstić information content (AvgIpc) is 3.23. The molecular weight excluding hydrogens is 246 g/mol. The number of aliphatic hydroxyl groups excluding tert-OH is 1. The van der Waals surface area contributed by atoms with Gasteiger partial charge in [0.05, 0.1) is 18.2 Å². The summed E-state index contributed by atoms with van der Waals surface area (Å²) in [5.74, 6) is 0. The molecule has 1 unspecified atom stereocenters. The minimum atomic E-state index is -0.457. The van der Waals surface area contributed by atoms with E-state index in [2.05, 4.69) is 23.6 Å². The molecule has 0 saturated carbocycles. The third-order valence-electron chi connectivity index (χ3n) is 3.92. The number of benzene rings is 2. The van der Waals surface area contributed by atoms with Crippen LogP contribution in [0.1, 0.15) is 23.3 Å². The third-order valence-corrected chi connectivity index (χ3v) is 3.92. The highest BCUT2D eigenvalue weighted by atomic mass is 16.3. The van der Waals surface area contributed by atoms with E-state index in [4.69, 9.17) is 0 Å². The van der Waals surface area contributed by atoms with Crippen LogP contribution >= 0.6 is 0 Å². The van der Waals surface area contributed by atoms with Crippen molar-refractivity contribution in [3.63, 3.8) is 0 Å². The van der Waals surface area contributed by atoms with Crippen LogP contribution in [0.2, 0.25) is 0 Å². The first-order valence-corrected chi connectivity index (χ1v) is 6.97. The molecule has 2 heteroatoms. The summed E-state index contributed by atoms with van der Waals surface area (Å²) >= 11 is 0. The predicted molar refractivity (Wildman–Crippen MR) is 81.3 cm³/mol. The summed E-state index contributed by atoms with van der Waals surface area (Å²) in [5.41, 5.74) is 2.24. The number of nitrogens with zero attached hydrogens (tertiary/aromatic N) is 1. The van der Waals surface area contributed by atoms with Crippen LogP contribution in [0.4, 0.5) is 0 Å². The van der Waals surface area contributed by atoms with Gasteiger partial charge in [-0.1, -0.05) is 66.7 Å². The van der Waals surface area contributed by atoms with Gasteiger partial charge in [0.1, 0.15) is 0 Å². The molecule has 3 rings (SSSR count). The molecule has 0 amide bonds. The Morgan fingerprint density at radius 3 is 2.25 bits per heavy atom. The molecule has 0 radical (unpaired) electrons. The third kappa shape index (κ3) is 2.40. The molecule has 1 aliphatic heterocycles. The van der Waals surface area contributed by atoms with Crippen molar-refractivity contribution in [1.82, 2.24) is 4.90 Å². The van der Waals surface area contributed by atoms with E-state index >= 15 is 0 Å². The van der Waals surface area contributed by atoms with E-state index in [0.29, 0.717) is 0 Å². The molecule has 102 valence electrons. The second kappa shape index (κ2) is 5.61. The van der Waals surface area contributed by atoms with Crippen molar-refractivity contribution in [2.75, 3.05) is 6.54 Å². The van der Waals surface area contributed by atoms with Crippen molar-refractivity contribution in [3.8, 4) is 0 Å². The van der Waals surface area contributed by atoms with E-state index in [0.717, 1.165) is 12.1 Å². The van der Waals surface area contributed by atoms with Gasteiger partial charge in [-0.15, -0.1) is 6.58 Å². The molecule has 1 fully saturated rings. The van der Waals surface area contributed by atoms with Gasteiger partial charge in [-0.3, -0.25) is 4.90 Å². The fraction of sp³-hybridized carbons (Fsp3) is 0.222. The highest BCUT2D eigenvalue weighted by Crippen LogP contribution is 2.48. The number of hydrogen-bond donors (Lipinski definition) is 1. The van der Waals surface area contributed by atoms with Gasteiger partial charge in [-0.2, -0.15) is 0 Å². The minimum Gasteiger partial charge on any atom is -0.387 e. The Bertz CT molecular complexity index is 566. The molecule has 2 aromatic rings. The molecular formula is C18H19NO. The number of rotatable bonds is 5. The van der Waals surface area contributed by atoms with Crippen LogP contribution in [0.3, 0.4) is 0 Å². The Morgan fingerprint density at radius 1 is 1.05 bits per heavy atom. The summed E-state index contributed by atoms with van der Waals surface area (Å²) in [7, 11) is 0. The zero-order valence-electron chi connectivity index (χ0n) is 11.4. The van der Waals surface area contributed by atoms with Crippen LogP contribution in [-0.4, -0.2) is 22.6 Å². The van der Waals surface area contributed by atoms with Crippen molar-refractivity contribution in [2.24, 2.45) is 0 Å². The van der Waals surface area contributed by atoms with Crippen LogP contribution in [0.25, 0.3) is 0 Å². The van der Waals surface area contributed by atoms with Gasteiger partial charge in [0.25, 0.3) is 0 Å². The van der Waals surface area contributed by atoms with E-state index in [1.165, 1.54) is 5.56 Å². The van der Waals surface area contributed by atoms with Gasteiger partial charge in [-0.05, 0) is 11.1 Å². The normalized spacial score (nSPS) is 25.9. The molecule has 0 bridgehead atoms. The van der Waals surface area contributed by atoms with E-state index < -0.39 is 6.10 Å². The van der Waals surface area contributed by atoms with Crippen LogP contribution in [-0.2, 0) is 0 Å². The smallest absolute Gasteiger partial charge is 0.0964 e. The lowest BCUT2D eigenvalue weighted by Crippen LogP contribution is -2.11. The minimum absolute atomic E-state index is 0.137. The van der Waals surface area contributed by atoms with Crippen molar-refractivity contribution in [3.05, 3.63) is 84.4 Å². The van der Waals surface area contributed by atoms with Gasteiger partial charge < -0.3 is 5.11 Å². The molecule has 0 aromatic heterocycles.